The minimum absolute atomic E-state index is 0. The first kappa shape index (κ1) is 26.1. The minimum atomic E-state index is -4.48. The number of carbonyl (C=O) groups is 1. The van der Waals surface area contributed by atoms with E-state index in [0.29, 0.717) is 33.6 Å². The van der Waals surface area contributed by atoms with E-state index in [1.54, 1.807) is 43.7 Å². The molecular weight excluding hydrogens is 503 g/mol. The number of nitrogens with zero attached hydrogens (tertiary/aromatic N) is 4. The summed E-state index contributed by atoms with van der Waals surface area (Å²) in [5, 5.41) is 7.19. The van der Waals surface area contributed by atoms with Crippen LogP contribution in [-0.4, -0.2) is 45.2 Å². The Bertz CT molecular complexity index is 1380. The molecule has 0 bridgehead atoms. The van der Waals surface area contributed by atoms with Crippen LogP contribution in [0.2, 0.25) is 0 Å². The number of thiol groups is 1. The van der Waals surface area contributed by atoms with Gasteiger partial charge in [0.05, 0.1) is 22.5 Å². The SMILES string of the molecule is CNc1nc(C)nc(-c2ccn3c(-c4cccc(NC(=O)NCC(F)(F)F)c4)cnc3c2)c1S.Cl. The smallest absolute Gasteiger partial charge is 0.372 e. The first-order valence-electron chi connectivity index (χ1n) is 10.1. The summed E-state index contributed by atoms with van der Waals surface area (Å²) >= 11 is 4.56. The molecule has 35 heavy (non-hydrogen) atoms. The van der Waals surface area contributed by atoms with Crippen LogP contribution < -0.4 is 16.0 Å². The summed E-state index contributed by atoms with van der Waals surface area (Å²) in [4.78, 5) is 25.7. The molecule has 2 amide bonds. The normalized spacial score (nSPS) is 11.1. The largest absolute Gasteiger partial charge is 0.405 e. The predicted molar refractivity (Wildman–Crippen MR) is 134 cm³/mol. The van der Waals surface area contributed by atoms with E-state index in [4.69, 9.17) is 0 Å². The third kappa shape index (κ3) is 5.95. The standard InChI is InChI=1S/C22H20F3N7OS.ClH/c1-12-29-18(19(34)20(26-2)30-12)14-6-7-32-16(10-27-17(32)9-14)13-4-3-5-15(8-13)31-21(33)28-11-22(23,24)25;/h3-10,34H,11H2,1-2H3,(H,26,29,30)(H2,28,31,33);1H. The van der Waals surface area contributed by atoms with Crippen molar-refractivity contribution >= 4 is 48.2 Å². The number of rotatable bonds is 5. The van der Waals surface area contributed by atoms with Crippen molar-refractivity contribution in [2.24, 2.45) is 0 Å². The van der Waals surface area contributed by atoms with Gasteiger partial charge in [0.2, 0.25) is 0 Å². The fraction of sp³-hybridized carbons (Fsp3) is 0.182. The van der Waals surface area contributed by atoms with Crippen molar-refractivity contribution < 1.29 is 18.0 Å². The maximum absolute atomic E-state index is 12.3. The van der Waals surface area contributed by atoms with Gasteiger partial charge in [-0.3, -0.25) is 4.40 Å². The highest BCUT2D eigenvalue weighted by Gasteiger charge is 2.27. The highest BCUT2D eigenvalue weighted by atomic mass is 35.5. The molecule has 0 saturated heterocycles. The van der Waals surface area contributed by atoms with Crippen LogP contribution in [0.4, 0.5) is 29.5 Å². The molecule has 0 aliphatic carbocycles. The minimum Gasteiger partial charge on any atom is -0.372 e. The van der Waals surface area contributed by atoms with Crippen molar-refractivity contribution in [2.45, 2.75) is 18.0 Å². The Morgan fingerprint density at radius 3 is 2.63 bits per heavy atom. The lowest BCUT2D eigenvalue weighted by atomic mass is 10.1. The number of fused-ring (bicyclic) bond motifs is 1. The molecule has 4 aromatic rings. The molecule has 3 heterocycles. The Labute approximate surface area is 210 Å². The molecule has 0 aliphatic rings. The van der Waals surface area contributed by atoms with Crippen molar-refractivity contribution in [2.75, 3.05) is 24.2 Å². The molecular formula is C22H21ClF3N7OS. The van der Waals surface area contributed by atoms with E-state index in [1.807, 2.05) is 28.8 Å². The lowest BCUT2D eigenvalue weighted by Crippen LogP contribution is -2.36. The maximum Gasteiger partial charge on any atom is 0.405 e. The Kier molecular flexibility index (Phi) is 7.76. The molecule has 0 atom stereocenters. The number of hydrogen-bond donors (Lipinski definition) is 4. The number of nitrogens with one attached hydrogen (secondary N) is 3. The predicted octanol–water partition coefficient (Wildman–Crippen LogP) is 5.20. The highest BCUT2D eigenvalue weighted by molar-refractivity contribution is 7.80. The molecule has 3 N–H and O–H groups in total. The fourth-order valence-electron chi connectivity index (χ4n) is 3.40. The zero-order chi connectivity index (χ0) is 24.5. The van der Waals surface area contributed by atoms with Crippen LogP contribution in [-0.2, 0) is 0 Å². The summed E-state index contributed by atoms with van der Waals surface area (Å²) in [5.41, 5.74) is 3.95. The van der Waals surface area contributed by atoms with Crippen LogP contribution in [0, 0.1) is 6.92 Å². The molecule has 184 valence electrons. The van der Waals surface area contributed by atoms with Gasteiger partial charge in [0.1, 0.15) is 23.8 Å². The van der Waals surface area contributed by atoms with E-state index in [0.717, 1.165) is 16.8 Å². The quantitative estimate of drug-likeness (QED) is 0.270. The van der Waals surface area contributed by atoms with Crippen molar-refractivity contribution in [3.8, 4) is 22.5 Å². The molecule has 3 aromatic heterocycles. The van der Waals surface area contributed by atoms with Crippen LogP contribution in [0.3, 0.4) is 0 Å². The van der Waals surface area contributed by atoms with Gasteiger partial charge in [-0.1, -0.05) is 12.1 Å². The molecule has 1 aromatic carbocycles. The van der Waals surface area contributed by atoms with Gasteiger partial charge < -0.3 is 16.0 Å². The van der Waals surface area contributed by atoms with Crippen molar-refractivity contribution in [1.29, 1.82) is 0 Å². The molecule has 4 rings (SSSR count). The zero-order valence-electron chi connectivity index (χ0n) is 18.5. The molecule has 0 aliphatic heterocycles. The second-order valence-corrected chi connectivity index (χ2v) is 7.80. The number of amides is 2. The number of alkyl halides is 3. The lowest BCUT2D eigenvalue weighted by Gasteiger charge is -2.11. The summed E-state index contributed by atoms with van der Waals surface area (Å²) in [6.07, 6.45) is -0.970. The van der Waals surface area contributed by atoms with E-state index < -0.39 is 18.8 Å². The average molecular weight is 524 g/mol. The van der Waals surface area contributed by atoms with E-state index >= 15 is 0 Å². The monoisotopic (exact) mass is 523 g/mol. The Morgan fingerprint density at radius 1 is 1.14 bits per heavy atom. The molecule has 8 nitrogen and oxygen atoms in total. The number of aryl methyl sites for hydroxylation is 1. The molecule has 0 fully saturated rings. The van der Waals surface area contributed by atoms with Gasteiger partial charge >= 0.3 is 12.2 Å². The number of urea groups is 1. The second kappa shape index (κ2) is 10.4. The molecule has 0 saturated carbocycles. The van der Waals surface area contributed by atoms with Gasteiger partial charge in [-0.25, -0.2) is 19.7 Å². The van der Waals surface area contributed by atoms with E-state index in [2.05, 4.69) is 38.2 Å². The number of hydrogen-bond acceptors (Lipinski definition) is 6. The van der Waals surface area contributed by atoms with E-state index in [-0.39, 0.29) is 12.4 Å². The fourth-order valence-corrected chi connectivity index (χ4v) is 3.74. The number of pyridine rings is 1. The maximum atomic E-state index is 12.3. The van der Waals surface area contributed by atoms with Gasteiger partial charge in [0.15, 0.2) is 0 Å². The van der Waals surface area contributed by atoms with Crippen molar-refractivity contribution in [3.05, 3.63) is 54.6 Å². The summed E-state index contributed by atoms with van der Waals surface area (Å²) < 4.78 is 38.8. The highest BCUT2D eigenvalue weighted by Crippen LogP contribution is 2.31. The van der Waals surface area contributed by atoms with Crippen molar-refractivity contribution in [1.82, 2.24) is 24.7 Å². The number of imidazole rings is 1. The van der Waals surface area contributed by atoms with Gasteiger partial charge in [0, 0.05) is 30.1 Å². The molecule has 0 radical (unpaired) electrons. The Morgan fingerprint density at radius 2 is 1.91 bits per heavy atom. The topological polar surface area (TPSA) is 96.2 Å². The second-order valence-electron chi connectivity index (χ2n) is 7.36. The van der Waals surface area contributed by atoms with Gasteiger partial charge in [-0.05, 0) is 31.2 Å². The summed E-state index contributed by atoms with van der Waals surface area (Å²) in [7, 11) is 1.76. The average Bonchev–Trinajstić information content (AvgIpc) is 3.22. The van der Waals surface area contributed by atoms with Crippen LogP contribution in [0.1, 0.15) is 5.82 Å². The number of benzene rings is 1. The molecule has 0 spiro atoms. The van der Waals surface area contributed by atoms with Crippen LogP contribution >= 0.6 is 25.0 Å². The van der Waals surface area contributed by atoms with Gasteiger partial charge in [-0.2, -0.15) is 13.2 Å². The van der Waals surface area contributed by atoms with Crippen LogP contribution in [0.5, 0.6) is 0 Å². The third-order valence-corrected chi connectivity index (χ3v) is 5.31. The van der Waals surface area contributed by atoms with Crippen molar-refractivity contribution in [3.63, 3.8) is 0 Å². The van der Waals surface area contributed by atoms with Gasteiger partial charge in [-0.15, -0.1) is 25.0 Å². The number of anilines is 2. The number of carbonyl (C=O) groups excluding carboxylic acids is 1. The zero-order valence-corrected chi connectivity index (χ0v) is 20.2. The van der Waals surface area contributed by atoms with Gasteiger partial charge in [0.25, 0.3) is 0 Å². The Hall–Kier alpha value is -3.51. The van der Waals surface area contributed by atoms with E-state index in [9.17, 15) is 18.0 Å². The number of halogens is 4. The molecule has 13 heteroatoms. The van der Waals surface area contributed by atoms with Crippen LogP contribution in [0.25, 0.3) is 28.2 Å². The van der Waals surface area contributed by atoms with Crippen LogP contribution in [0.15, 0.2) is 53.7 Å². The third-order valence-electron chi connectivity index (χ3n) is 4.88. The first-order chi connectivity index (χ1) is 16.1. The Balaban J connectivity index is 0.00000342. The summed E-state index contributed by atoms with van der Waals surface area (Å²) in [6, 6.07) is 9.56. The molecule has 0 unspecified atom stereocenters. The summed E-state index contributed by atoms with van der Waals surface area (Å²) in [5.74, 6) is 1.22. The first-order valence-corrected chi connectivity index (χ1v) is 10.5. The summed E-state index contributed by atoms with van der Waals surface area (Å²) in [6.45, 7) is 0.387. The lowest BCUT2D eigenvalue weighted by molar-refractivity contribution is -0.122. The number of aromatic nitrogens is 4. The van der Waals surface area contributed by atoms with E-state index in [1.165, 1.54) is 0 Å².